The molecular formula is C21H25FN2. The molecule has 0 spiro atoms. The van der Waals surface area contributed by atoms with Gasteiger partial charge in [0.2, 0.25) is 0 Å². The molecule has 0 radical (unpaired) electrons. The Hall–Kier alpha value is -1.87. The summed E-state index contributed by atoms with van der Waals surface area (Å²) in [4.78, 5) is 2.29. The summed E-state index contributed by atoms with van der Waals surface area (Å²) in [6.07, 6.45) is 2.35. The van der Waals surface area contributed by atoms with Crippen molar-refractivity contribution in [1.29, 1.82) is 0 Å². The van der Waals surface area contributed by atoms with Gasteiger partial charge in [0.05, 0.1) is 0 Å². The van der Waals surface area contributed by atoms with Crippen molar-refractivity contribution in [2.75, 3.05) is 24.5 Å². The predicted octanol–water partition coefficient (Wildman–Crippen LogP) is 4.14. The number of alkyl halides is 1. The van der Waals surface area contributed by atoms with Crippen molar-refractivity contribution >= 4 is 5.69 Å². The Labute approximate surface area is 143 Å². The first-order valence-corrected chi connectivity index (χ1v) is 9.01. The molecule has 1 saturated carbocycles. The molecule has 0 amide bonds. The van der Waals surface area contributed by atoms with Gasteiger partial charge in [-0.2, -0.15) is 0 Å². The number of anilines is 1. The normalized spacial score (nSPS) is 25.5. The van der Waals surface area contributed by atoms with E-state index in [1.807, 2.05) is 24.3 Å². The molecule has 1 heterocycles. The minimum absolute atomic E-state index is 0.451. The van der Waals surface area contributed by atoms with E-state index in [1.165, 1.54) is 11.3 Å². The molecule has 2 unspecified atom stereocenters. The molecule has 1 saturated heterocycles. The van der Waals surface area contributed by atoms with Gasteiger partial charge in [-0.15, -0.1) is 0 Å². The zero-order valence-electron chi connectivity index (χ0n) is 14.0. The molecule has 1 aliphatic heterocycles. The van der Waals surface area contributed by atoms with E-state index in [0.29, 0.717) is 31.3 Å². The Bertz CT molecular complexity index is 650. The Kier molecular flexibility index (Phi) is 4.28. The Balaban J connectivity index is 1.26. The first-order valence-electron chi connectivity index (χ1n) is 9.01. The highest BCUT2D eigenvalue weighted by Gasteiger charge is 2.41. The van der Waals surface area contributed by atoms with E-state index in [1.54, 1.807) is 0 Å². The molecule has 1 N–H and O–H groups in total. The number of para-hydroxylation sites is 1. The average molecular weight is 324 g/mol. The van der Waals surface area contributed by atoms with Crippen LogP contribution in [-0.4, -0.2) is 31.3 Å². The minimum Gasteiger partial charge on any atom is -0.371 e. The lowest BCUT2D eigenvalue weighted by Gasteiger charge is -2.38. The lowest BCUT2D eigenvalue weighted by atomic mass is 9.92. The number of nitrogens with one attached hydrogen (secondary N) is 1. The van der Waals surface area contributed by atoms with Gasteiger partial charge in [0, 0.05) is 50.1 Å². The van der Waals surface area contributed by atoms with E-state index < -0.39 is 5.67 Å². The van der Waals surface area contributed by atoms with Gasteiger partial charge in [-0.05, 0) is 24.1 Å². The summed E-state index contributed by atoms with van der Waals surface area (Å²) in [5, 5.41) is 3.48. The van der Waals surface area contributed by atoms with Crippen LogP contribution in [0.4, 0.5) is 10.1 Å². The average Bonchev–Trinajstić information content (AvgIpc) is 3.42. The van der Waals surface area contributed by atoms with Crippen molar-refractivity contribution in [3.05, 3.63) is 66.2 Å². The summed E-state index contributed by atoms with van der Waals surface area (Å²) in [6.45, 7) is 2.09. The minimum atomic E-state index is -1.06. The maximum absolute atomic E-state index is 15.1. The van der Waals surface area contributed by atoms with E-state index in [2.05, 4.69) is 46.6 Å². The van der Waals surface area contributed by atoms with Gasteiger partial charge in [0.15, 0.2) is 0 Å². The van der Waals surface area contributed by atoms with Crippen molar-refractivity contribution < 1.29 is 4.39 Å². The van der Waals surface area contributed by atoms with Gasteiger partial charge in [0.1, 0.15) is 5.67 Å². The van der Waals surface area contributed by atoms with Crippen molar-refractivity contribution in [3.63, 3.8) is 0 Å². The summed E-state index contributed by atoms with van der Waals surface area (Å²) in [7, 11) is 0. The summed E-state index contributed by atoms with van der Waals surface area (Å²) in [5.74, 6) is 0.569. The fourth-order valence-electron chi connectivity index (χ4n) is 3.78. The molecule has 0 bridgehead atoms. The van der Waals surface area contributed by atoms with Crippen LogP contribution in [0.2, 0.25) is 0 Å². The predicted molar refractivity (Wildman–Crippen MR) is 97.3 cm³/mol. The van der Waals surface area contributed by atoms with Crippen LogP contribution in [0.1, 0.15) is 30.7 Å². The van der Waals surface area contributed by atoms with Gasteiger partial charge < -0.3 is 10.2 Å². The molecule has 2 aromatic carbocycles. The molecule has 3 heteroatoms. The first kappa shape index (κ1) is 15.6. The van der Waals surface area contributed by atoms with Crippen molar-refractivity contribution in [2.24, 2.45) is 0 Å². The van der Waals surface area contributed by atoms with Crippen molar-refractivity contribution in [2.45, 2.75) is 36.9 Å². The summed E-state index contributed by atoms with van der Waals surface area (Å²) in [6, 6.07) is 21.4. The van der Waals surface area contributed by atoms with E-state index in [0.717, 1.165) is 19.5 Å². The number of rotatable bonds is 5. The Morgan fingerprint density at radius 1 is 0.958 bits per heavy atom. The largest absolute Gasteiger partial charge is 0.371 e. The second-order valence-corrected chi connectivity index (χ2v) is 7.21. The molecule has 2 aliphatic rings. The molecule has 2 fully saturated rings. The third kappa shape index (κ3) is 3.46. The second-order valence-electron chi connectivity index (χ2n) is 7.21. The molecule has 4 rings (SSSR count). The van der Waals surface area contributed by atoms with E-state index in [9.17, 15) is 0 Å². The van der Waals surface area contributed by atoms with Crippen molar-refractivity contribution in [3.8, 4) is 0 Å². The Morgan fingerprint density at radius 2 is 1.58 bits per heavy atom. The molecule has 0 aromatic heterocycles. The van der Waals surface area contributed by atoms with Gasteiger partial charge in [-0.25, -0.2) is 4.39 Å². The summed E-state index contributed by atoms with van der Waals surface area (Å²) >= 11 is 0. The monoisotopic (exact) mass is 324 g/mol. The summed E-state index contributed by atoms with van der Waals surface area (Å²) in [5.41, 5.74) is 1.52. The van der Waals surface area contributed by atoms with Crippen LogP contribution >= 0.6 is 0 Å². The second kappa shape index (κ2) is 6.56. The smallest absolute Gasteiger partial charge is 0.126 e. The summed E-state index contributed by atoms with van der Waals surface area (Å²) < 4.78 is 15.1. The fourth-order valence-corrected chi connectivity index (χ4v) is 3.78. The van der Waals surface area contributed by atoms with Crippen LogP contribution in [0.5, 0.6) is 0 Å². The molecule has 24 heavy (non-hydrogen) atoms. The molecular weight excluding hydrogens is 299 g/mol. The topological polar surface area (TPSA) is 15.3 Å². The number of hydrogen-bond donors (Lipinski definition) is 1. The standard InChI is InChI=1S/C21H25FN2/c22-21(11-13-24(14-12-21)18-9-5-2-6-10-18)16-23-20-15-19(20)17-7-3-1-4-8-17/h1-10,19-20,23H,11-16H2. The third-order valence-electron chi connectivity index (χ3n) is 5.48. The maximum Gasteiger partial charge on any atom is 0.126 e. The Morgan fingerprint density at radius 3 is 2.25 bits per heavy atom. The quantitative estimate of drug-likeness (QED) is 0.889. The number of hydrogen-bond acceptors (Lipinski definition) is 2. The number of piperidine rings is 1. The zero-order chi connectivity index (χ0) is 16.4. The van der Waals surface area contributed by atoms with Crippen LogP contribution in [0.15, 0.2) is 60.7 Å². The molecule has 126 valence electrons. The highest BCUT2D eigenvalue weighted by atomic mass is 19.1. The highest BCUT2D eigenvalue weighted by molar-refractivity contribution is 5.46. The lowest BCUT2D eigenvalue weighted by Crippen LogP contribution is -2.47. The molecule has 1 aliphatic carbocycles. The van der Waals surface area contributed by atoms with E-state index in [-0.39, 0.29) is 0 Å². The number of nitrogens with zero attached hydrogens (tertiary/aromatic N) is 1. The van der Waals surface area contributed by atoms with E-state index in [4.69, 9.17) is 0 Å². The van der Waals surface area contributed by atoms with Gasteiger partial charge in [0.25, 0.3) is 0 Å². The SMILES string of the molecule is FC1(CNC2CC2c2ccccc2)CCN(c2ccccc2)CC1. The fraction of sp³-hybridized carbons (Fsp3) is 0.429. The van der Waals surface area contributed by atoms with Crippen LogP contribution in [0.3, 0.4) is 0 Å². The molecule has 2 atom stereocenters. The van der Waals surface area contributed by atoms with Gasteiger partial charge in [-0.3, -0.25) is 0 Å². The molecule has 2 nitrogen and oxygen atoms in total. The van der Waals surface area contributed by atoms with Crippen LogP contribution < -0.4 is 10.2 Å². The molecule has 2 aromatic rings. The van der Waals surface area contributed by atoms with Crippen LogP contribution in [0, 0.1) is 0 Å². The highest BCUT2D eigenvalue weighted by Crippen LogP contribution is 2.41. The number of halogens is 1. The van der Waals surface area contributed by atoms with Crippen molar-refractivity contribution in [1.82, 2.24) is 5.32 Å². The van der Waals surface area contributed by atoms with Gasteiger partial charge >= 0.3 is 0 Å². The third-order valence-corrected chi connectivity index (χ3v) is 5.48. The van der Waals surface area contributed by atoms with E-state index >= 15 is 4.39 Å². The van der Waals surface area contributed by atoms with Gasteiger partial charge in [-0.1, -0.05) is 48.5 Å². The van der Waals surface area contributed by atoms with Crippen LogP contribution in [-0.2, 0) is 0 Å². The lowest BCUT2D eigenvalue weighted by molar-refractivity contribution is 0.122. The van der Waals surface area contributed by atoms with Crippen LogP contribution in [0.25, 0.3) is 0 Å². The maximum atomic E-state index is 15.1. The first-order chi connectivity index (χ1) is 11.7. The zero-order valence-corrected chi connectivity index (χ0v) is 14.0. The number of benzene rings is 2.